The van der Waals surface area contributed by atoms with Crippen molar-refractivity contribution >= 4 is 15.9 Å². The summed E-state index contributed by atoms with van der Waals surface area (Å²) in [5, 5.41) is 2.70. The third-order valence-corrected chi connectivity index (χ3v) is 6.32. The van der Waals surface area contributed by atoms with Crippen LogP contribution in [0, 0.1) is 0 Å². The molecule has 0 radical (unpaired) electrons. The molecule has 146 valence electrons. The van der Waals surface area contributed by atoms with Gasteiger partial charge in [-0.1, -0.05) is 12.1 Å². The molecule has 1 atom stereocenters. The molecular formula is C16H22F3N3O3S. The van der Waals surface area contributed by atoms with Crippen molar-refractivity contribution in [3.05, 3.63) is 29.8 Å². The molecule has 1 aromatic carbocycles. The maximum atomic E-state index is 13.1. The molecular weight excluding hydrogens is 371 g/mol. The number of benzene rings is 1. The van der Waals surface area contributed by atoms with Gasteiger partial charge >= 0.3 is 6.18 Å². The number of nitrogens with one attached hydrogen (secondary N) is 1. The molecule has 1 aromatic rings. The van der Waals surface area contributed by atoms with E-state index in [0.717, 1.165) is 22.5 Å². The van der Waals surface area contributed by atoms with Crippen molar-refractivity contribution in [2.75, 3.05) is 32.7 Å². The van der Waals surface area contributed by atoms with Crippen LogP contribution in [0.15, 0.2) is 29.2 Å². The van der Waals surface area contributed by atoms with Crippen molar-refractivity contribution < 1.29 is 26.4 Å². The second kappa shape index (κ2) is 7.93. The summed E-state index contributed by atoms with van der Waals surface area (Å²) < 4.78 is 65.9. The van der Waals surface area contributed by atoms with Gasteiger partial charge in [0.25, 0.3) is 0 Å². The van der Waals surface area contributed by atoms with E-state index < -0.39 is 32.7 Å². The van der Waals surface area contributed by atoms with Gasteiger partial charge in [-0.2, -0.15) is 17.5 Å². The topological polar surface area (TPSA) is 69.7 Å². The second-order valence-electron chi connectivity index (χ2n) is 6.00. The molecule has 1 heterocycles. The van der Waals surface area contributed by atoms with Crippen LogP contribution in [-0.4, -0.2) is 62.3 Å². The molecule has 0 aromatic heterocycles. The Balaban J connectivity index is 2.16. The van der Waals surface area contributed by atoms with Crippen LogP contribution in [-0.2, 0) is 21.0 Å². The third-order valence-electron chi connectivity index (χ3n) is 4.36. The monoisotopic (exact) mass is 393 g/mol. The summed E-state index contributed by atoms with van der Waals surface area (Å²) in [6, 6.07) is 3.74. The summed E-state index contributed by atoms with van der Waals surface area (Å²) >= 11 is 0. The zero-order valence-corrected chi connectivity index (χ0v) is 15.4. The number of nitrogens with zero attached hydrogens (tertiary/aromatic N) is 2. The van der Waals surface area contributed by atoms with Crippen LogP contribution < -0.4 is 5.32 Å². The van der Waals surface area contributed by atoms with Crippen molar-refractivity contribution in [2.45, 2.75) is 31.0 Å². The number of sulfonamides is 1. The Morgan fingerprint density at radius 3 is 2.31 bits per heavy atom. The molecule has 26 heavy (non-hydrogen) atoms. The lowest BCUT2D eigenvalue weighted by Gasteiger charge is -2.37. The Labute approximate surface area is 151 Å². The van der Waals surface area contributed by atoms with Crippen molar-refractivity contribution in [2.24, 2.45) is 0 Å². The number of piperazine rings is 1. The summed E-state index contributed by atoms with van der Waals surface area (Å²) in [5.74, 6) is -0.161. The van der Waals surface area contributed by atoms with Crippen LogP contribution in [0.4, 0.5) is 13.2 Å². The number of halogens is 3. The van der Waals surface area contributed by atoms with E-state index in [1.807, 2.05) is 4.90 Å². The van der Waals surface area contributed by atoms with E-state index in [4.69, 9.17) is 0 Å². The number of carbonyl (C=O) groups is 1. The Morgan fingerprint density at radius 2 is 1.77 bits per heavy atom. The molecule has 0 aliphatic carbocycles. The molecule has 0 spiro atoms. The highest BCUT2D eigenvalue weighted by Gasteiger charge is 2.40. The van der Waals surface area contributed by atoms with Gasteiger partial charge in [0.05, 0.1) is 16.5 Å². The molecule has 0 bridgehead atoms. The van der Waals surface area contributed by atoms with Crippen molar-refractivity contribution in [3.8, 4) is 0 Å². The Kier molecular flexibility index (Phi) is 6.30. The van der Waals surface area contributed by atoms with E-state index in [1.165, 1.54) is 6.07 Å². The summed E-state index contributed by atoms with van der Waals surface area (Å²) in [6.07, 6.45) is -4.75. The number of alkyl halides is 3. The van der Waals surface area contributed by atoms with E-state index in [0.29, 0.717) is 6.54 Å². The number of amides is 1. The molecule has 10 heteroatoms. The minimum atomic E-state index is -4.75. The van der Waals surface area contributed by atoms with Gasteiger partial charge in [0.2, 0.25) is 15.9 Å². The lowest BCUT2D eigenvalue weighted by molar-refractivity contribution is -0.140. The number of rotatable bonds is 5. The summed E-state index contributed by atoms with van der Waals surface area (Å²) in [7, 11) is -4.27. The van der Waals surface area contributed by atoms with Crippen molar-refractivity contribution in [3.63, 3.8) is 0 Å². The molecule has 6 nitrogen and oxygen atoms in total. The standard InChI is InChI=1S/C16H22F3N3O3S/c1-3-20-15(23)12(2)21-8-10-22(11-9-21)26(24,25)14-7-5-4-6-13(14)16(17,18)19/h4-7,12H,3,8-11H2,1-2H3,(H,20,23)/t12-/m0/s1. The predicted octanol–water partition coefficient (Wildman–Crippen LogP) is 1.54. The van der Waals surface area contributed by atoms with E-state index in [-0.39, 0.29) is 32.1 Å². The quantitative estimate of drug-likeness (QED) is 0.824. The van der Waals surface area contributed by atoms with Crippen LogP contribution in [0.25, 0.3) is 0 Å². The Morgan fingerprint density at radius 1 is 1.19 bits per heavy atom. The Hall–Kier alpha value is -1.65. The number of hydrogen-bond donors (Lipinski definition) is 1. The van der Waals surface area contributed by atoms with E-state index >= 15 is 0 Å². The molecule has 1 aliphatic heterocycles. The number of likely N-dealkylation sites (N-methyl/N-ethyl adjacent to an activating group) is 1. The van der Waals surface area contributed by atoms with Gasteiger partial charge in [0.15, 0.2) is 0 Å². The van der Waals surface area contributed by atoms with Crippen molar-refractivity contribution in [1.29, 1.82) is 0 Å². The second-order valence-corrected chi connectivity index (χ2v) is 7.91. The maximum Gasteiger partial charge on any atom is 0.417 e. The first-order valence-corrected chi connectivity index (χ1v) is 9.71. The maximum absolute atomic E-state index is 13.1. The number of hydrogen-bond acceptors (Lipinski definition) is 4. The average Bonchev–Trinajstić information content (AvgIpc) is 2.60. The van der Waals surface area contributed by atoms with Gasteiger partial charge in [-0.15, -0.1) is 0 Å². The van der Waals surface area contributed by atoms with Gasteiger partial charge < -0.3 is 5.32 Å². The highest BCUT2D eigenvalue weighted by Crippen LogP contribution is 2.35. The lowest BCUT2D eigenvalue weighted by Crippen LogP contribution is -2.54. The van der Waals surface area contributed by atoms with E-state index in [2.05, 4.69) is 5.32 Å². The molecule has 0 unspecified atom stereocenters. The zero-order chi connectivity index (χ0) is 19.5. The number of carbonyl (C=O) groups excluding carboxylic acids is 1. The molecule has 1 saturated heterocycles. The first-order valence-electron chi connectivity index (χ1n) is 8.27. The summed E-state index contributed by atoms with van der Waals surface area (Å²) in [6.45, 7) is 4.60. The van der Waals surface area contributed by atoms with E-state index in [9.17, 15) is 26.4 Å². The fourth-order valence-corrected chi connectivity index (χ4v) is 4.52. The summed E-state index contributed by atoms with van der Waals surface area (Å²) in [5.41, 5.74) is -1.17. The first kappa shape index (κ1) is 20.7. The molecule has 1 fully saturated rings. The molecule has 0 saturated carbocycles. The first-order chi connectivity index (χ1) is 12.1. The fourth-order valence-electron chi connectivity index (χ4n) is 2.88. The fraction of sp³-hybridized carbons (Fsp3) is 0.562. The lowest BCUT2D eigenvalue weighted by atomic mass is 10.2. The van der Waals surface area contributed by atoms with Gasteiger partial charge in [0, 0.05) is 32.7 Å². The third kappa shape index (κ3) is 4.36. The molecule has 1 amide bonds. The molecule has 1 aliphatic rings. The molecule has 1 N–H and O–H groups in total. The van der Waals surface area contributed by atoms with Gasteiger partial charge in [-0.25, -0.2) is 8.42 Å². The van der Waals surface area contributed by atoms with Crippen LogP contribution in [0.5, 0.6) is 0 Å². The van der Waals surface area contributed by atoms with Gasteiger partial charge in [-0.3, -0.25) is 9.69 Å². The molecule has 2 rings (SSSR count). The highest BCUT2D eigenvalue weighted by molar-refractivity contribution is 7.89. The Bertz CT molecular complexity index is 745. The van der Waals surface area contributed by atoms with Crippen LogP contribution in [0.1, 0.15) is 19.4 Å². The van der Waals surface area contributed by atoms with Crippen LogP contribution in [0.3, 0.4) is 0 Å². The minimum absolute atomic E-state index is 0.0261. The largest absolute Gasteiger partial charge is 0.417 e. The summed E-state index contributed by atoms with van der Waals surface area (Å²) in [4.78, 5) is 13.0. The van der Waals surface area contributed by atoms with Gasteiger partial charge in [0.1, 0.15) is 0 Å². The van der Waals surface area contributed by atoms with Gasteiger partial charge in [-0.05, 0) is 26.0 Å². The normalized spacial score (nSPS) is 18.5. The average molecular weight is 393 g/mol. The predicted molar refractivity (Wildman–Crippen MR) is 89.9 cm³/mol. The highest BCUT2D eigenvalue weighted by atomic mass is 32.2. The minimum Gasteiger partial charge on any atom is -0.355 e. The van der Waals surface area contributed by atoms with Crippen LogP contribution >= 0.6 is 0 Å². The SMILES string of the molecule is CCNC(=O)[C@H](C)N1CCN(S(=O)(=O)c2ccccc2C(F)(F)F)CC1. The van der Waals surface area contributed by atoms with Crippen molar-refractivity contribution in [1.82, 2.24) is 14.5 Å². The van der Waals surface area contributed by atoms with E-state index in [1.54, 1.807) is 13.8 Å². The smallest absolute Gasteiger partial charge is 0.355 e. The van der Waals surface area contributed by atoms with Crippen LogP contribution in [0.2, 0.25) is 0 Å². The zero-order valence-electron chi connectivity index (χ0n) is 14.6.